The summed E-state index contributed by atoms with van der Waals surface area (Å²) in [5, 5.41) is 15.8. The number of alkyl halides is 1. The van der Waals surface area contributed by atoms with Crippen LogP contribution < -0.4 is 5.32 Å². The van der Waals surface area contributed by atoms with Gasteiger partial charge in [0.2, 0.25) is 5.91 Å². The quantitative estimate of drug-likeness (QED) is 0.827. The van der Waals surface area contributed by atoms with E-state index in [1.54, 1.807) is 4.68 Å². The zero-order chi connectivity index (χ0) is 13.0. The molecule has 1 aromatic rings. The fourth-order valence-corrected chi connectivity index (χ4v) is 1.91. The van der Waals surface area contributed by atoms with Crippen LogP contribution in [-0.4, -0.2) is 33.8 Å². The van der Waals surface area contributed by atoms with E-state index in [1.165, 1.54) is 6.20 Å². The maximum absolute atomic E-state index is 11.3. The molecule has 2 rings (SSSR count). The Bertz CT molecular complexity index is 528. The van der Waals surface area contributed by atoms with Gasteiger partial charge in [0.05, 0.1) is 19.2 Å². The van der Waals surface area contributed by atoms with Crippen molar-refractivity contribution in [1.82, 2.24) is 15.1 Å². The van der Waals surface area contributed by atoms with Gasteiger partial charge in [-0.05, 0) is 0 Å². The van der Waals surface area contributed by atoms with Crippen molar-refractivity contribution in [3.8, 4) is 6.07 Å². The van der Waals surface area contributed by atoms with E-state index in [2.05, 4.69) is 15.4 Å². The Kier molecular flexibility index (Phi) is 3.95. The molecule has 1 fully saturated rings. The molecule has 94 valence electrons. The van der Waals surface area contributed by atoms with Crippen molar-refractivity contribution >= 4 is 29.0 Å². The van der Waals surface area contributed by atoms with E-state index in [-0.39, 0.29) is 12.3 Å². The number of carbonyl (C=O) groups is 1. The van der Waals surface area contributed by atoms with Crippen molar-refractivity contribution < 1.29 is 4.79 Å². The zero-order valence-electron chi connectivity index (χ0n) is 9.69. The number of hydrogen-bond donors (Lipinski definition) is 1. The summed E-state index contributed by atoms with van der Waals surface area (Å²) >= 11 is 5.67. The van der Waals surface area contributed by atoms with Crippen LogP contribution in [0.2, 0.25) is 0 Å². The lowest BCUT2D eigenvalue weighted by Crippen LogP contribution is -2.33. The van der Waals surface area contributed by atoms with Gasteiger partial charge < -0.3 is 5.32 Å². The molecule has 6 nitrogen and oxygen atoms in total. The smallest absolute Gasteiger partial charge is 0.225 e. The highest BCUT2D eigenvalue weighted by atomic mass is 35.5. The topological polar surface area (TPSA) is 83.1 Å². The van der Waals surface area contributed by atoms with Gasteiger partial charge in [-0.25, -0.2) is 9.67 Å². The molecule has 1 N–H and O–H groups in total. The zero-order valence-corrected chi connectivity index (χ0v) is 10.4. The van der Waals surface area contributed by atoms with Crippen LogP contribution in [0.1, 0.15) is 18.4 Å². The number of halogens is 1. The van der Waals surface area contributed by atoms with Crippen molar-refractivity contribution in [3.63, 3.8) is 0 Å². The molecule has 2 heterocycles. The summed E-state index contributed by atoms with van der Waals surface area (Å²) in [6, 6.07) is 2.04. The van der Waals surface area contributed by atoms with Gasteiger partial charge in [0, 0.05) is 24.6 Å². The molecule has 18 heavy (non-hydrogen) atoms. The fraction of sp³-hybridized carbons (Fsp3) is 0.455. The molecular formula is C11H12ClN5O. The molecule has 1 aliphatic heterocycles. The highest BCUT2D eigenvalue weighted by Gasteiger charge is 2.16. The maximum Gasteiger partial charge on any atom is 0.225 e. The van der Waals surface area contributed by atoms with Gasteiger partial charge in [0.25, 0.3) is 0 Å². The number of piperidine rings is 1. The third-order valence-corrected chi connectivity index (χ3v) is 2.76. The predicted molar refractivity (Wildman–Crippen MR) is 67.0 cm³/mol. The van der Waals surface area contributed by atoms with Gasteiger partial charge in [-0.2, -0.15) is 10.4 Å². The van der Waals surface area contributed by atoms with Gasteiger partial charge in [-0.15, -0.1) is 11.6 Å². The van der Waals surface area contributed by atoms with Crippen molar-refractivity contribution in [2.75, 3.05) is 12.4 Å². The third kappa shape index (κ3) is 2.68. The van der Waals surface area contributed by atoms with Crippen LogP contribution in [0.4, 0.5) is 5.82 Å². The molecule has 1 aliphatic rings. The van der Waals surface area contributed by atoms with Crippen LogP contribution in [0.3, 0.4) is 0 Å². The first-order chi connectivity index (χ1) is 8.74. The first-order valence-corrected chi connectivity index (χ1v) is 6.13. The second-order valence-electron chi connectivity index (χ2n) is 3.86. The van der Waals surface area contributed by atoms with Crippen molar-refractivity contribution in [2.24, 2.45) is 4.99 Å². The Morgan fingerprint density at radius 1 is 1.67 bits per heavy atom. The van der Waals surface area contributed by atoms with Gasteiger partial charge in [0.1, 0.15) is 11.6 Å². The molecule has 0 aromatic carbocycles. The molecule has 0 spiro atoms. The normalized spacial score (nSPS) is 17.6. The Balaban J connectivity index is 2.31. The summed E-state index contributed by atoms with van der Waals surface area (Å²) in [5.41, 5.74) is 1.17. The number of aromatic nitrogens is 2. The molecule has 0 unspecified atom stereocenters. The number of carbonyl (C=O) groups excluding carboxylic acids is 1. The molecule has 0 radical (unpaired) electrons. The van der Waals surface area contributed by atoms with E-state index in [9.17, 15) is 4.79 Å². The molecule has 1 aromatic heterocycles. The lowest BCUT2D eigenvalue weighted by molar-refractivity contribution is -0.120. The van der Waals surface area contributed by atoms with Crippen molar-refractivity contribution in [3.05, 3.63) is 11.8 Å². The summed E-state index contributed by atoms with van der Waals surface area (Å²) in [6.07, 6.45) is 2.44. The largest absolute Gasteiger partial charge is 0.355 e. The molecule has 0 atom stereocenters. The molecule has 7 heteroatoms. The van der Waals surface area contributed by atoms with Crippen LogP contribution in [0.5, 0.6) is 0 Å². The first-order valence-electron chi connectivity index (χ1n) is 5.59. The van der Waals surface area contributed by atoms with E-state index in [0.717, 1.165) is 5.71 Å². The second-order valence-corrected chi connectivity index (χ2v) is 4.24. The average molecular weight is 266 g/mol. The van der Waals surface area contributed by atoms with Gasteiger partial charge in [-0.3, -0.25) is 4.79 Å². The SMILES string of the molecule is N#Cc1cnn(CCCl)c1N=C1CCNC(=O)C1. The minimum Gasteiger partial charge on any atom is -0.355 e. The lowest BCUT2D eigenvalue weighted by atomic mass is 10.1. The predicted octanol–water partition coefficient (Wildman–Crippen LogP) is 0.976. The Hall–Kier alpha value is -1.87. The van der Waals surface area contributed by atoms with Crippen molar-refractivity contribution in [1.29, 1.82) is 5.26 Å². The maximum atomic E-state index is 11.3. The number of amides is 1. The molecule has 1 saturated heterocycles. The molecular weight excluding hydrogens is 254 g/mol. The van der Waals surface area contributed by atoms with Crippen LogP contribution >= 0.6 is 11.6 Å². The highest BCUT2D eigenvalue weighted by molar-refractivity contribution is 6.17. The standard InChI is InChI=1S/C11H12ClN5O/c12-2-4-17-11(8(6-13)7-15-17)16-9-1-3-14-10(18)5-9/h7H,1-5H2,(H,14,18). The summed E-state index contributed by atoms with van der Waals surface area (Å²) in [7, 11) is 0. The number of rotatable bonds is 3. The number of nitriles is 1. The summed E-state index contributed by atoms with van der Waals surface area (Å²) in [5.74, 6) is 0.843. The van der Waals surface area contributed by atoms with Crippen LogP contribution in [0.25, 0.3) is 0 Å². The van der Waals surface area contributed by atoms with E-state index >= 15 is 0 Å². The minimum atomic E-state index is -0.0399. The second kappa shape index (κ2) is 5.65. The van der Waals surface area contributed by atoms with Gasteiger partial charge in [-0.1, -0.05) is 0 Å². The number of aliphatic imine (C=N–C) groups is 1. The summed E-state index contributed by atoms with van der Waals surface area (Å²) < 4.78 is 1.59. The summed E-state index contributed by atoms with van der Waals surface area (Å²) in [6.45, 7) is 1.07. The lowest BCUT2D eigenvalue weighted by Gasteiger charge is -2.14. The number of aryl methyl sites for hydroxylation is 1. The Morgan fingerprint density at radius 2 is 2.50 bits per heavy atom. The average Bonchev–Trinajstić information content (AvgIpc) is 2.72. The van der Waals surface area contributed by atoms with Crippen LogP contribution in [0.15, 0.2) is 11.2 Å². The number of nitrogens with zero attached hydrogens (tertiary/aromatic N) is 4. The fourth-order valence-electron chi connectivity index (χ4n) is 1.75. The number of hydrogen-bond acceptors (Lipinski definition) is 4. The Morgan fingerprint density at radius 3 is 3.17 bits per heavy atom. The van der Waals surface area contributed by atoms with E-state index < -0.39 is 0 Å². The monoisotopic (exact) mass is 265 g/mol. The van der Waals surface area contributed by atoms with Crippen LogP contribution in [-0.2, 0) is 11.3 Å². The molecule has 1 amide bonds. The first kappa shape index (κ1) is 12.6. The highest BCUT2D eigenvalue weighted by Crippen LogP contribution is 2.20. The van der Waals surface area contributed by atoms with E-state index in [0.29, 0.717) is 36.8 Å². The van der Waals surface area contributed by atoms with Gasteiger partial charge in [0.15, 0.2) is 5.82 Å². The minimum absolute atomic E-state index is 0.0399. The third-order valence-electron chi connectivity index (χ3n) is 2.59. The molecule has 0 saturated carbocycles. The van der Waals surface area contributed by atoms with E-state index in [1.807, 2.05) is 6.07 Å². The van der Waals surface area contributed by atoms with Gasteiger partial charge >= 0.3 is 0 Å². The molecule has 0 aliphatic carbocycles. The van der Waals surface area contributed by atoms with Crippen molar-refractivity contribution in [2.45, 2.75) is 19.4 Å². The molecule has 0 bridgehead atoms. The number of nitrogens with one attached hydrogen (secondary N) is 1. The van der Waals surface area contributed by atoms with Crippen LogP contribution in [0, 0.1) is 11.3 Å². The van der Waals surface area contributed by atoms with E-state index in [4.69, 9.17) is 16.9 Å². The Labute approximate surface area is 109 Å². The summed E-state index contributed by atoms with van der Waals surface area (Å²) in [4.78, 5) is 15.7.